The van der Waals surface area contributed by atoms with Crippen LogP contribution in [0.5, 0.6) is 0 Å². The van der Waals surface area contributed by atoms with E-state index in [-0.39, 0.29) is 11.7 Å². The Morgan fingerprint density at radius 2 is 1.96 bits per heavy atom. The smallest absolute Gasteiger partial charge is 0.226 e. The number of carbonyl (C=O) groups is 1. The number of carbonyl (C=O) groups excluding carboxylic acids is 1. The fraction of sp³-hybridized carbons (Fsp3) is 0.286. The second kappa shape index (κ2) is 8.22. The maximum absolute atomic E-state index is 13.2. The Morgan fingerprint density at radius 3 is 2.59 bits per heavy atom. The van der Waals surface area contributed by atoms with Crippen molar-refractivity contribution in [2.24, 2.45) is 0 Å². The minimum absolute atomic E-state index is 0.0602. The number of furan rings is 1. The van der Waals surface area contributed by atoms with Crippen LogP contribution in [0.15, 0.2) is 53.3 Å². The molecule has 1 N–H and O–H groups in total. The monoisotopic (exact) mass is 369 g/mol. The van der Waals surface area contributed by atoms with Gasteiger partial charge in [0.15, 0.2) is 0 Å². The summed E-state index contributed by atoms with van der Waals surface area (Å²) in [5.41, 5.74) is 2.80. The van der Waals surface area contributed by atoms with Crippen molar-refractivity contribution in [1.82, 2.24) is 9.47 Å². The van der Waals surface area contributed by atoms with Gasteiger partial charge in [-0.1, -0.05) is 12.1 Å². The summed E-state index contributed by atoms with van der Waals surface area (Å²) in [6.45, 7) is 3.17. The Labute approximate surface area is 158 Å². The second-order valence-electron chi connectivity index (χ2n) is 6.87. The van der Waals surface area contributed by atoms with E-state index in [0.29, 0.717) is 31.1 Å². The predicted octanol–water partition coefficient (Wildman–Crippen LogP) is 4.13. The molecular weight excluding hydrogens is 345 g/mol. The molecule has 0 atom stereocenters. The maximum Gasteiger partial charge on any atom is 0.226 e. The minimum Gasteiger partial charge on any atom is -0.464 e. The lowest BCUT2D eigenvalue weighted by molar-refractivity contribution is -0.116. The topological polar surface area (TPSA) is 50.4 Å². The molecule has 0 bridgehead atoms. The number of halogens is 1. The third-order valence-electron chi connectivity index (χ3n) is 4.35. The molecule has 27 heavy (non-hydrogen) atoms. The number of hydrogen-bond acceptors (Lipinski definition) is 3. The van der Waals surface area contributed by atoms with E-state index in [0.717, 1.165) is 16.7 Å². The minimum atomic E-state index is -0.268. The van der Waals surface area contributed by atoms with Gasteiger partial charge < -0.3 is 19.2 Å². The van der Waals surface area contributed by atoms with Crippen LogP contribution in [0.3, 0.4) is 0 Å². The van der Waals surface area contributed by atoms with Gasteiger partial charge in [0, 0.05) is 25.7 Å². The molecule has 142 valence electrons. The van der Waals surface area contributed by atoms with E-state index in [2.05, 4.69) is 5.32 Å². The summed E-state index contributed by atoms with van der Waals surface area (Å²) in [6, 6.07) is 10.1. The summed E-state index contributed by atoms with van der Waals surface area (Å²) in [5, 5.41) is 3.04. The average molecular weight is 369 g/mol. The van der Waals surface area contributed by atoms with Crippen molar-refractivity contribution in [3.8, 4) is 11.3 Å². The molecule has 2 aromatic heterocycles. The zero-order chi connectivity index (χ0) is 19.4. The molecule has 0 spiro atoms. The molecule has 0 saturated carbocycles. The fourth-order valence-electron chi connectivity index (χ4n) is 2.99. The van der Waals surface area contributed by atoms with Crippen LogP contribution in [0.1, 0.15) is 17.5 Å². The van der Waals surface area contributed by atoms with Crippen LogP contribution in [0.25, 0.3) is 11.3 Å². The third kappa shape index (κ3) is 4.65. The summed E-state index contributed by atoms with van der Waals surface area (Å²) < 4.78 is 20.7. The molecule has 0 aliphatic heterocycles. The van der Waals surface area contributed by atoms with Crippen molar-refractivity contribution < 1.29 is 13.6 Å². The molecule has 0 unspecified atom stereocenters. The second-order valence-corrected chi connectivity index (χ2v) is 6.87. The van der Waals surface area contributed by atoms with Crippen molar-refractivity contribution in [3.63, 3.8) is 0 Å². The highest BCUT2D eigenvalue weighted by atomic mass is 19.1. The van der Waals surface area contributed by atoms with Crippen LogP contribution in [0.4, 0.5) is 10.2 Å². The van der Waals surface area contributed by atoms with Gasteiger partial charge in [0.25, 0.3) is 0 Å². The Bertz CT molecular complexity index is 896. The summed E-state index contributed by atoms with van der Waals surface area (Å²) in [5.74, 6) is 1.06. The highest BCUT2D eigenvalue weighted by Crippen LogP contribution is 2.34. The molecule has 0 radical (unpaired) electrons. The van der Waals surface area contributed by atoms with Gasteiger partial charge in [-0.15, -0.1) is 0 Å². The Balaban J connectivity index is 1.93. The van der Waals surface area contributed by atoms with Crippen LogP contribution in [-0.4, -0.2) is 36.0 Å². The summed E-state index contributed by atoms with van der Waals surface area (Å²) in [4.78, 5) is 14.4. The maximum atomic E-state index is 13.2. The fourth-order valence-corrected chi connectivity index (χ4v) is 2.99. The molecule has 3 aromatic rings. The van der Waals surface area contributed by atoms with Crippen LogP contribution in [-0.2, 0) is 11.3 Å². The molecule has 0 aliphatic rings. The third-order valence-corrected chi connectivity index (χ3v) is 4.35. The van der Waals surface area contributed by atoms with Crippen LogP contribution in [0.2, 0.25) is 0 Å². The molecule has 3 rings (SSSR count). The van der Waals surface area contributed by atoms with Gasteiger partial charge in [-0.05, 0) is 56.4 Å². The van der Waals surface area contributed by atoms with Crippen LogP contribution in [0, 0.1) is 12.7 Å². The number of anilines is 1. The lowest BCUT2D eigenvalue weighted by Crippen LogP contribution is -2.22. The SMILES string of the molecule is Cc1cn(Cc2ccc(F)cc2)c(NC(=O)CCN(C)C)c1-c1ccco1. The van der Waals surface area contributed by atoms with Crippen molar-refractivity contribution in [1.29, 1.82) is 0 Å². The van der Waals surface area contributed by atoms with E-state index >= 15 is 0 Å². The van der Waals surface area contributed by atoms with Gasteiger partial charge in [0.2, 0.25) is 5.91 Å². The summed E-state index contributed by atoms with van der Waals surface area (Å²) in [7, 11) is 3.87. The van der Waals surface area contributed by atoms with E-state index in [9.17, 15) is 9.18 Å². The first-order valence-corrected chi connectivity index (χ1v) is 8.86. The quantitative estimate of drug-likeness (QED) is 0.681. The van der Waals surface area contributed by atoms with Gasteiger partial charge in [0.05, 0.1) is 11.8 Å². The van der Waals surface area contributed by atoms with Crippen molar-refractivity contribution >= 4 is 11.7 Å². The highest BCUT2D eigenvalue weighted by Gasteiger charge is 2.19. The summed E-state index contributed by atoms with van der Waals surface area (Å²) >= 11 is 0. The molecule has 0 aliphatic carbocycles. The summed E-state index contributed by atoms with van der Waals surface area (Å²) in [6.07, 6.45) is 3.98. The number of benzene rings is 1. The average Bonchev–Trinajstić information content (AvgIpc) is 3.23. The van der Waals surface area contributed by atoms with Crippen molar-refractivity contribution in [3.05, 3.63) is 65.8 Å². The highest BCUT2D eigenvalue weighted by molar-refractivity contribution is 5.94. The number of aryl methyl sites for hydroxylation is 1. The Kier molecular flexibility index (Phi) is 5.76. The molecule has 0 fully saturated rings. The van der Waals surface area contributed by atoms with E-state index in [1.165, 1.54) is 12.1 Å². The molecule has 0 saturated heterocycles. The molecule has 2 heterocycles. The first-order valence-electron chi connectivity index (χ1n) is 8.86. The van der Waals surface area contributed by atoms with Gasteiger partial charge in [-0.25, -0.2) is 4.39 Å². The number of hydrogen-bond donors (Lipinski definition) is 1. The van der Waals surface area contributed by atoms with E-state index < -0.39 is 0 Å². The number of nitrogens with one attached hydrogen (secondary N) is 1. The molecule has 5 nitrogen and oxygen atoms in total. The van der Waals surface area contributed by atoms with E-state index in [1.807, 2.05) is 48.8 Å². The first kappa shape index (κ1) is 18.9. The zero-order valence-electron chi connectivity index (χ0n) is 15.8. The standard InChI is InChI=1S/C21H24FN3O2/c1-15-13-25(14-16-6-8-17(22)9-7-16)21(20(15)18-5-4-12-27-18)23-19(26)10-11-24(2)3/h4-9,12-13H,10-11,14H2,1-3H3,(H,23,26). The zero-order valence-corrected chi connectivity index (χ0v) is 15.8. The lowest BCUT2D eigenvalue weighted by atomic mass is 10.1. The van der Waals surface area contributed by atoms with E-state index in [4.69, 9.17) is 4.42 Å². The molecule has 1 aromatic carbocycles. The number of amides is 1. The van der Waals surface area contributed by atoms with Crippen LogP contribution >= 0.6 is 0 Å². The van der Waals surface area contributed by atoms with Gasteiger partial charge in [-0.2, -0.15) is 0 Å². The van der Waals surface area contributed by atoms with Crippen molar-refractivity contribution in [2.75, 3.05) is 26.0 Å². The van der Waals surface area contributed by atoms with E-state index in [1.54, 1.807) is 18.4 Å². The van der Waals surface area contributed by atoms with Crippen molar-refractivity contribution in [2.45, 2.75) is 19.9 Å². The normalized spacial score (nSPS) is 11.1. The molecule has 6 heteroatoms. The molecule has 1 amide bonds. The Hall–Kier alpha value is -2.86. The first-order chi connectivity index (χ1) is 12.9. The number of nitrogens with zero attached hydrogens (tertiary/aromatic N) is 2. The largest absolute Gasteiger partial charge is 0.464 e. The molecular formula is C21H24FN3O2. The number of aromatic nitrogens is 1. The number of rotatable bonds is 7. The van der Waals surface area contributed by atoms with Gasteiger partial charge in [-0.3, -0.25) is 4.79 Å². The van der Waals surface area contributed by atoms with Gasteiger partial charge >= 0.3 is 0 Å². The Morgan fingerprint density at radius 1 is 1.22 bits per heavy atom. The lowest BCUT2D eigenvalue weighted by Gasteiger charge is -2.14. The van der Waals surface area contributed by atoms with Gasteiger partial charge in [0.1, 0.15) is 17.4 Å². The predicted molar refractivity (Wildman–Crippen MR) is 104 cm³/mol. The van der Waals surface area contributed by atoms with Crippen LogP contribution < -0.4 is 5.32 Å².